The molecule has 1 aliphatic heterocycles. The number of H-pyrrole nitrogens is 1. The zero-order valence-corrected chi connectivity index (χ0v) is 16.7. The maximum absolute atomic E-state index is 12.9. The number of aromatic amines is 1. The first-order valence-electron chi connectivity index (χ1n) is 10.6. The molecule has 1 amide bonds. The van der Waals surface area contributed by atoms with Crippen LogP contribution in [0.2, 0.25) is 0 Å². The van der Waals surface area contributed by atoms with Gasteiger partial charge < -0.3 is 15.0 Å². The number of Topliss-reactive ketones (excluding diaryl/α,β-unsaturated/α-hetero) is 1. The number of carbonyl (C=O) groups is 2. The molecule has 2 N–H and O–H groups in total. The Balaban J connectivity index is 1.42. The minimum atomic E-state index is -0.313. The maximum Gasteiger partial charge on any atom is 0.258 e. The molecule has 2 aliphatic rings. The number of anilines is 1. The first-order chi connectivity index (χ1) is 14.2. The van der Waals surface area contributed by atoms with Crippen LogP contribution in [0.25, 0.3) is 0 Å². The fraction of sp³-hybridized carbons (Fsp3) is 0.500. The van der Waals surface area contributed by atoms with Crippen LogP contribution >= 0.6 is 0 Å². The molecule has 0 unspecified atom stereocenters. The molecule has 1 fully saturated rings. The number of carbonyl (C=O) groups excluding carboxylic acids is 2. The lowest BCUT2D eigenvalue weighted by atomic mass is 10.0. The molecule has 0 saturated carbocycles. The van der Waals surface area contributed by atoms with Crippen LogP contribution in [-0.2, 0) is 6.42 Å². The number of fused-ring (bicyclic) bond motifs is 1. The summed E-state index contributed by atoms with van der Waals surface area (Å²) >= 11 is 0. The van der Waals surface area contributed by atoms with Crippen molar-refractivity contribution in [3.05, 3.63) is 41.5 Å². The van der Waals surface area contributed by atoms with Crippen molar-refractivity contribution in [3.63, 3.8) is 0 Å². The molecule has 2 aromatic heterocycles. The van der Waals surface area contributed by atoms with E-state index in [0.29, 0.717) is 35.6 Å². The van der Waals surface area contributed by atoms with Gasteiger partial charge in [-0.1, -0.05) is 6.42 Å². The van der Waals surface area contributed by atoms with Crippen molar-refractivity contribution in [2.75, 3.05) is 31.6 Å². The molecule has 154 valence electrons. The van der Waals surface area contributed by atoms with E-state index in [0.717, 1.165) is 44.6 Å². The van der Waals surface area contributed by atoms with Gasteiger partial charge in [-0.2, -0.15) is 0 Å². The number of ether oxygens (including phenoxy) is 1. The van der Waals surface area contributed by atoms with Gasteiger partial charge in [0.15, 0.2) is 5.78 Å². The van der Waals surface area contributed by atoms with Crippen molar-refractivity contribution >= 4 is 17.4 Å². The Morgan fingerprint density at radius 1 is 1.17 bits per heavy atom. The number of hydrogen-bond acceptors (Lipinski definition) is 5. The van der Waals surface area contributed by atoms with Gasteiger partial charge in [-0.05, 0) is 45.2 Å². The number of nitrogens with zero attached hydrogens (tertiary/aromatic N) is 2. The van der Waals surface area contributed by atoms with Crippen LogP contribution < -0.4 is 10.1 Å². The van der Waals surface area contributed by atoms with E-state index in [1.165, 1.54) is 19.3 Å². The minimum Gasteiger partial charge on any atom is -0.490 e. The molecule has 1 saturated heterocycles. The van der Waals surface area contributed by atoms with Crippen molar-refractivity contribution in [1.29, 1.82) is 0 Å². The number of aromatic nitrogens is 2. The molecule has 0 spiro atoms. The van der Waals surface area contributed by atoms with Gasteiger partial charge in [0, 0.05) is 37.1 Å². The van der Waals surface area contributed by atoms with Crippen LogP contribution in [0.3, 0.4) is 0 Å². The Bertz CT molecular complexity index is 871. The third-order valence-electron chi connectivity index (χ3n) is 5.71. The van der Waals surface area contributed by atoms with Gasteiger partial charge >= 0.3 is 0 Å². The van der Waals surface area contributed by atoms with Crippen LogP contribution in [0.5, 0.6) is 5.75 Å². The molecule has 7 heteroatoms. The van der Waals surface area contributed by atoms with Crippen molar-refractivity contribution < 1.29 is 14.3 Å². The molecule has 7 nitrogen and oxygen atoms in total. The first kappa shape index (κ1) is 19.6. The second-order valence-electron chi connectivity index (χ2n) is 7.76. The fourth-order valence-electron chi connectivity index (χ4n) is 4.13. The van der Waals surface area contributed by atoms with Crippen molar-refractivity contribution in [3.8, 4) is 5.75 Å². The van der Waals surface area contributed by atoms with E-state index in [4.69, 9.17) is 4.74 Å². The number of piperidine rings is 1. The van der Waals surface area contributed by atoms with E-state index < -0.39 is 0 Å². The summed E-state index contributed by atoms with van der Waals surface area (Å²) in [5.74, 6) is 0.318. The molecule has 29 heavy (non-hydrogen) atoms. The summed E-state index contributed by atoms with van der Waals surface area (Å²) in [6.07, 6.45) is 11.8. The van der Waals surface area contributed by atoms with Crippen molar-refractivity contribution in [2.24, 2.45) is 0 Å². The van der Waals surface area contributed by atoms with Gasteiger partial charge in [-0.3, -0.25) is 19.5 Å². The number of hydrogen-bond donors (Lipinski definition) is 2. The van der Waals surface area contributed by atoms with Gasteiger partial charge in [0.05, 0.1) is 17.3 Å². The van der Waals surface area contributed by atoms with Crippen LogP contribution in [0, 0.1) is 0 Å². The van der Waals surface area contributed by atoms with E-state index in [1.807, 2.05) is 0 Å². The quantitative estimate of drug-likeness (QED) is 0.731. The van der Waals surface area contributed by atoms with Crippen LogP contribution in [-0.4, -0.2) is 52.8 Å². The highest BCUT2D eigenvalue weighted by molar-refractivity contribution is 6.13. The Morgan fingerprint density at radius 2 is 2.00 bits per heavy atom. The van der Waals surface area contributed by atoms with Crippen LogP contribution in [0.4, 0.5) is 5.69 Å². The molecule has 0 atom stereocenters. The predicted octanol–water partition coefficient (Wildman–Crippen LogP) is 3.44. The zero-order valence-electron chi connectivity index (χ0n) is 16.7. The maximum atomic E-state index is 12.9. The summed E-state index contributed by atoms with van der Waals surface area (Å²) in [5, 5.41) is 2.88. The third kappa shape index (κ3) is 4.67. The van der Waals surface area contributed by atoms with E-state index in [1.54, 1.807) is 24.7 Å². The Hall–Kier alpha value is -2.67. The topological polar surface area (TPSA) is 87.3 Å². The summed E-state index contributed by atoms with van der Waals surface area (Å²) in [4.78, 5) is 35.0. The molecule has 1 aliphatic carbocycles. The second-order valence-corrected chi connectivity index (χ2v) is 7.76. The van der Waals surface area contributed by atoms with E-state index in [-0.39, 0.29) is 11.7 Å². The van der Waals surface area contributed by atoms with Gasteiger partial charge in [-0.15, -0.1) is 0 Å². The largest absolute Gasteiger partial charge is 0.490 e. The summed E-state index contributed by atoms with van der Waals surface area (Å²) in [6.45, 7) is 3.67. The monoisotopic (exact) mass is 396 g/mol. The summed E-state index contributed by atoms with van der Waals surface area (Å²) in [6, 6.07) is 1.76. The number of likely N-dealkylation sites (tertiary alicyclic amines) is 1. The number of pyridine rings is 1. The highest BCUT2D eigenvalue weighted by Gasteiger charge is 2.25. The highest BCUT2D eigenvalue weighted by Crippen LogP contribution is 2.27. The van der Waals surface area contributed by atoms with Gasteiger partial charge in [0.1, 0.15) is 18.0 Å². The van der Waals surface area contributed by atoms with Gasteiger partial charge in [0.25, 0.3) is 5.91 Å². The minimum absolute atomic E-state index is 0.0353. The molecule has 3 heterocycles. The molecule has 0 aromatic carbocycles. The molecule has 0 radical (unpaired) electrons. The Morgan fingerprint density at radius 3 is 2.86 bits per heavy atom. The average molecular weight is 396 g/mol. The normalized spacial score (nSPS) is 17.4. The van der Waals surface area contributed by atoms with Gasteiger partial charge in [0.2, 0.25) is 0 Å². The molecular formula is C22H28N4O3. The van der Waals surface area contributed by atoms with Crippen LogP contribution in [0.1, 0.15) is 64.9 Å². The lowest BCUT2D eigenvalue weighted by Crippen LogP contribution is -2.33. The van der Waals surface area contributed by atoms with Crippen molar-refractivity contribution in [1.82, 2.24) is 14.9 Å². The lowest BCUT2D eigenvalue weighted by molar-refractivity contribution is 0.0964. The predicted molar refractivity (Wildman–Crippen MR) is 111 cm³/mol. The summed E-state index contributed by atoms with van der Waals surface area (Å²) < 4.78 is 5.94. The molecule has 4 rings (SSSR count). The molecule has 0 bridgehead atoms. The second kappa shape index (κ2) is 9.22. The number of amides is 1. The number of aryl methyl sites for hydroxylation is 1. The Kier molecular flexibility index (Phi) is 6.24. The first-order valence-corrected chi connectivity index (χ1v) is 10.6. The number of rotatable bonds is 6. The smallest absolute Gasteiger partial charge is 0.258 e. The number of ketones is 1. The highest BCUT2D eigenvalue weighted by atomic mass is 16.5. The van der Waals surface area contributed by atoms with E-state index in [9.17, 15) is 9.59 Å². The van der Waals surface area contributed by atoms with Gasteiger partial charge in [-0.25, -0.2) is 0 Å². The standard InChI is InChI=1S/C22H28N4O3/c27-19-7-3-2-6-17-21(19)16(14-24-17)22(28)25-18-15-23-9-8-20(18)29-13-12-26-10-4-1-5-11-26/h8-9,14-15,24H,1-7,10-13H2,(H,25,28). The fourth-order valence-corrected chi connectivity index (χ4v) is 4.13. The molecular weight excluding hydrogens is 368 g/mol. The average Bonchev–Trinajstić information content (AvgIpc) is 3.09. The van der Waals surface area contributed by atoms with Crippen LogP contribution in [0.15, 0.2) is 24.7 Å². The summed E-state index contributed by atoms with van der Waals surface area (Å²) in [7, 11) is 0. The van der Waals surface area contributed by atoms with E-state index >= 15 is 0 Å². The van der Waals surface area contributed by atoms with Crippen molar-refractivity contribution in [2.45, 2.75) is 44.9 Å². The number of nitrogens with one attached hydrogen (secondary N) is 2. The third-order valence-corrected chi connectivity index (χ3v) is 5.71. The van der Waals surface area contributed by atoms with E-state index in [2.05, 4.69) is 20.2 Å². The Labute approximate surface area is 170 Å². The molecule has 2 aromatic rings. The summed E-state index contributed by atoms with van der Waals surface area (Å²) in [5.41, 5.74) is 2.32. The lowest BCUT2D eigenvalue weighted by Gasteiger charge is -2.26. The SMILES string of the molecule is O=C(Nc1cnccc1OCCN1CCCCC1)c1c[nH]c2c1C(=O)CCCC2. The zero-order chi connectivity index (χ0) is 20.1.